The molecule has 1 unspecified atom stereocenters. The molecule has 0 bridgehead atoms. The molecule has 1 aliphatic heterocycles. The molecule has 0 aliphatic carbocycles. The van der Waals surface area contributed by atoms with Gasteiger partial charge in [-0.25, -0.2) is 4.98 Å². The Kier molecular flexibility index (Phi) is 3.37. The van der Waals surface area contributed by atoms with Gasteiger partial charge in [-0.1, -0.05) is 6.07 Å². The molecule has 1 atom stereocenters. The van der Waals surface area contributed by atoms with Crippen LogP contribution < -0.4 is 10.9 Å². The third-order valence-electron chi connectivity index (χ3n) is 3.37. The van der Waals surface area contributed by atoms with Gasteiger partial charge in [-0.15, -0.1) is 0 Å². The van der Waals surface area contributed by atoms with Gasteiger partial charge in [0.1, 0.15) is 5.82 Å². The van der Waals surface area contributed by atoms with E-state index >= 15 is 0 Å². The van der Waals surface area contributed by atoms with Gasteiger partial charge in [0.25, 0.3) is 5.56 Å². The number of pyridine rings is 1. The Hall–Kier alpha value is -2.01. The van der Waals surface area contributed by atoms with E-state index in [0.29, 0.717) is 12.3 Å². The van der Waals surface area contributed by atoms with Crippen molar-refractivity contribution in [3.63, 3.8) is 0 Å². The van der Waals surface area contributed by atoms with Crippen molar-refractivity contribution in [3.8, 4) is 0 Å². The van der Waals surface area contributed by atoms with Crippen molar-refractivity contribution in [3.05, 3.63) is 58.0 Å². The lowest BCUT2D eigenvalue weighted by molar-refractivity contribution is 0.689. The van der Waals surface area contributed by atoms with Crippen LogP contribution >= 0.6 is 0 Å². The standard InChI is InChI=1S/C14H16N4O/c19-13-7-12(6-10-2-1-4-15-8-10)17-14(18-13)11-3-5-16-9-11/h1-2,4,7-8,11,16H,3,5-6,9H2,(H,17,18,19). The van der Waals surface area contributed by atoms with Crippen molar-refractivity contribution in [2.45, 2.75) is 18.8 Å². The van der Waals surface area contributed by atoms with E-state index in [9.17, 15) is 4.79 Å². The summed E-state index contributed by atoms with van der Waals surface area (Å²) in [5.41, 5.74) is 1.80. The first-order valence-electron chi connectivity index (χ1n) is 6.51. The summed E-state index contributed by atoms with van der Waals surface area (Å²) in [5, 5.41) is 3.29. The molecule has 0 aromatic carbocycles. The smallest absolute Gasteiger partial charge is 0.251 e. The minimum atomic E-state index is -0.0733. The highest BCUT2D eigenvalue weighted by atomic mass is 16.1. The van der Waals surface area contributed by atoms with Crippen molar-refractivity contribution < 1.29 is 0 Å². The van der Waals surface area contributed by atoms with Gasteiger partial charge < -0.3 is 10.3 Å². The quantitative estimate of drug-likeness (QED) is 0.853. The number of nitrogens with zero attached hydrogens (tertiary/aromatic N) is 2. The first-order valence-corrected chi connectivity index (χ1v) is 6.51. The van der Waals surface area contributed by atoms with Crippen molar-refractivity contribution in [2.75, 3.05) is 13.1 Å². The van der Waals surface area contributed by atoms with Crippen LogP contribution in [0.3, 0.4) is 0 Å². The number of nitrogens with one attached hydrogen (secondary N) is 2. The van der Waals surface area contributed by atoms with Gasteiger partial charge in [0.15, 0.2) is 0 Å². The van der Waals surface area contributed by atoms with Gasteiger partial charge in [0.2, 0.25) is 0 Å². The van der Waals surface area contributed by atoms with Gasteiger partial charge >= 0.3 is 0 Å². The van der Waals surface area contributed by atoms with Crippen molar-refractivity contribution in [2.24, 2.45) is 0 Å². The van der Waals surface area contributed by atoms with E-state index in [2.05, 4.69) is 20.3 Å². The molecule has 3 rings (SSSR count). The fraction of sp³-hybridized carbons (Fsp3) is 0.357. The Morgan fingerprint density at radius 1 is 1.42 bits per heavy atom. The largest absolute Gasteiger partial charge is 0.316 e. The molecule has 0 amide bonds. The highest BCUT2D eigenvalue weighted by Crippen LogP contribution is 2.18. The summed E-state index contributed by atoms with van der Waals surface area (Å²) in [6, 6.07) is 5.45. The van der Waals surface area contributed by atoms with E-state index in [4.69, 9.17) is 0 Å². The number of rotatable bonds is 3. The molecule has 5 heteroatoms. The lowest BCUT2D eigenvalue weighted by atomic mass is 10.1. The van der Waals surface area contributed by atoms with Gasteiger partial charge in [-0.05, 0) is 24.6 Å². The van der Waals surface area contributed by atoms with Crippen molar-refractivity contribution in [1.82, 2.24) is 20.3 Å². The van der Waals surface area contributed by atoms with Gasteiger partial charge in [0, 0.05) is 37.3 Å². The minimum Gasteiger partial charge on any atom is -0.316 e. The summed E-state index contributed by atoms with van der Waals surface area (Å²) in [5.74, 6) is 1.12. The average molecular weight is 256 g/mol. The molecule has 1 fully saturated rings. The molecule has 19 heavy (non-hydrogen) atoms. The molecule has 1 aliphatic rings. The first kappa shape index (κ1) is 12.0. The van der Waals surface area contributed by atoms with E-state index in [0.717, 1.165) is 36.6 Å². The van der Waals surface area contributed by atoms with Crippen molar-refractivity contribution >= 4 is 0 Å². The molecular formula is C14H16N4O. The predicted molar refractivity (Wildman–Crippen MR) is 72.1 cm³/mol. The second-order valence-electron chi connectivity index (χ2n) is 4.85. The topological polar surface area (TPSA) is 70.7 Å². The fourth-order valence-corrected chi connectivity index (χ4v) is 2.41. The monoisotopic (exact) mass is 256 g/mol. The second kappa shape index (κ2) is 5.32. The number of hydrogen-bond donors (Lipinski definition) is 2. The zero-order valence-corrected chi connectivity index (χ0v) is 10.6. The van der Waals surface area contributed by atoms with Crippen LogP contribution in [0, 0.1) is 0 Å². The van der Waals surface area contributed by atoms with Crippen LogP contribution in [-0.4, -0.2) is 28.0 Å². The number of aromatic amines is 1. The summed E-state index contributed by atoms with van der Waals surface area (Å²) >= 11 is 0. The lowest BCUT2D eigenvalue weighted by Gasteiger charge is -2.09. The van der Waals surface area contributed by atoms with Crippen LogP contribution in [0.4, 0.5) is 0 Å². The molecule has 98 valence electrons. The Morgan fingerprint density at radius 3 is 3.11 bits per heavy atom. The summed E-state index contributed by atoms with van der Waals surface area (Å²) in [4.78, 5) is 23.2. The number of aromatic nitrogens is 3. The number of H-pyrrole nitrogens is 1. The molecule has 0 spiro atoms. The Labute approximate surface area is 111 Å². The lowest BCUT2D eigenvalue weighted by Crippen LogP contribution is -2.17. The maximum absolute atomic E-state index is 11.7. The van der Waals surface area contributed by atoms with Gasteiger partial charge in [-0.3, -0.25) is 9.78 Å². The van der Waals surface area contributed by atoms with E-state index in [1.807, 2.05) is 12.1 Å². The molecule has 0 saturated carbocycles. The van der Waals surface area contributed by atoms with Crippen LogP contribution in [0.5, 0.6) is 0 Å². The normalized spacial score (nSPS) is 18.6. The molecule has 2 aromatic heterocycles. The van der Waals surface area contributed by atoms with Gasteiger partial charge in [-0.2, -0.15) is 0 Å². The Morgan fingerprint density at radius 2 is 2.37 bits per heavy atom. The van der Waals surface area contributed by atoms with Gasteiger partial charge in [0.05, 0.1) is 5.69 Å². The molecule has 5 nitrogen and oxygen atoms in total. The third kappa shape index (κ3) is 2.88. The Balaban J connectivity index is 1.87. The average Bonchev–Trinajstić information content (AvgIpc) is 2.93. The van der Waals surface area contributed by atoms with Crippen LogP contribution in [0.1, 0.15) is 29.4 Å². The number of hydrogen-bond acceptors (Lipinski definition) is 4. The maximum Gasteiger partial charge on any atom is 0.251 e. The summed E-state index contributed by atoms with van der Waals surface area (Å²) in [6.45, 7) is 1.88. The zero-order valence-electron chi connectivity index (χ0n) is 10.6. The predicted octanol–water partition coefficient (Wildman–Crippen LogP) is 0.833. The highest BCUT2D eigenvalue weighted by molar-refractivity contribution is 5.18. The molecule has 2 N–H and O–H groups in total. The van der Waals surface area contributed by atoms with Crippen LogP contribution in [-0.2, 0) is 6.42 Å². The maximum atomic E-state index is 11.7. The fourth-order valence-electron chi connectivity index (χ4n) is 2.41. The molecule has 1 saturated heterocycles. The Bertz CT molecular complexity index is 602. The third-order valence-corrected chi connectivity index (χ3v) is 3.37. The summed E-state index contributed by atoms with van der Waals surface area (Å²) in [6.07, 6.45) is 5.22. The van der Waals surface area contributed by atoms with E-state index in [-0.39, 0.29) is 5.56 Å². The zero-order chi connectivity index (χ0) is 13.1. The van der Waals surface area contributed by atoms with Crippen LogP contribution in [0.25, 0.3) is 0 Å². The molecular weight excluding hydrogens is 240 g/mol. The molecule has 0 radical (unpaired) electrons. The highest BCUT2D eigenvalue weighted by Gasteiger charge is 2.19. The minimum absolute atomic E-state index is 0.0733. The van der Waals surface area contributed by atoms with Crippen molar-refractivity contribution in [1.29, 1.82) is 0 Å². The summed E-state index contributed by atoms with van der Waals surface area (Å²) < 4.78 is 0. The van der Waals surface area contributed by atoms with Crippen LogP contribution in [0.2, 0.25) is 0 Å². The molecule has 2 aromatic rings. The van der Waals surface area contributed by atoms with E-state index in [1.54, 1.807) is 18.5 Å². The second-order valence-corrected chi connectivity index (χ2v) is 4.85. The van der Waals surface area contributed by atoms with E-state index in [1.165, 1.54) is 0 Å². The first-order chi connectivity index (χ1) is 9.31. The molecule has 3 heterocycles. The van der Waals surface area contributed by atoms with E-state index < -0.39 is 0 Å². The summed E-state index contributed by atoms with van der Waals surface area (Å²) in [7, 11) is 0. The SMILES string of the molecule is O=c1cc(Cc2cccnc2)nc(C2CCNC2)[nH]1. The van der Waals surface area contributed by atoms with Crippen LogP contribution in [0.15, 0.2) is 35.4 Å².